The summed E-state index contributed by atoms with van der Waals surface area (Å²) >= 11 is 0. The average molecular weight is 318 g/mol. The molecular formula is C20H14O4. The molecule has 0 aromatic heterocycles. The first-order chi connectivity index (χ1) is 11.6. The monoisotopic (exact) mass is 318 g/mol. The van der Waals surface area contributed by atoms with E-state index in [4.69, 9.17) is 9.47 Å². The predicted octanol–water partition coefficient (Wildman–Crippen LogP) is 3.63. The van der Waals surface area contributed by atoms with Gasteiger partial charge in [0, 0.05) is 22.3 Å². The Hall–Kier alpha value is -3.14. The molecule has 0 saturated heterocycles. The van der Waals surface area contributed by atoms with Crippen LogP contribution in [0.3, 0.4) is 0 Å². The Labute approximate surface area is 138 Å². The van der Waals surface area contributed by atoms with Gasteiger partial charge in [0.25, 0.3) is 0 Å². The quantitative estimate of drug-likeness (QED) is 0.566. The summed E-state index contributed by atoms with van der Waals surface area (Å²) in [5, 5.41) is 1.76. The van der Waals surface area contributed by atoms with Crippen molar-refractivity contribution in [1.82, 2.24) is 0 Å². The normalized spacial score (nSPS) is 12.8. The molecule has 0 spiro atoms. The zero-order valence-electron chi connectivity index (χ0n) is 13.3. The van der Waals surface area contributed by atoms with Crippen molar-refractivity contribution < 1.29 is 19.1 Å². The zero-order valence-corrected chi connectivity index (χ0v) is 13.3. The number of ketones is 2. The molecule has 0 N–H and O–H groups in total. The number of hydrogen-bond donors (Lipinski definition) is 0. The van der Waals surface area contributed by atoms with E-state index in [2.05, 4.69) is 0 Å². The largest absolute Gasteiger partial charge is 0.497 e. The number of fused-ring (bicyclic) bond motifs is 3. The number of methoxy groups -OCH3 is 2. The van der Waals surface area contributed by atoms with E-state index in [0.717, 1.165) is 10.8 Å². The van der Waals surface area contributed by atoms with Gasteiger partial charge in [0.05, 0.1) is 14.2 Å². The fourth-order valence-electron chi connectivity index (χ4n) is 3.10. The molecule has 118 valence electrons. The maximum atomic E-state index is 12.9. The number of carbonyl (C=O) groups excluding carboxylic acids is 2. The van der Waals surface area contributed by atoms with Crippen LogP contribution in [-0.2, 0) is 0 Å². The van der Waals surface area contributed by atoms with E-state index in [9.17, 15) is 9.59 Å². The highest BCUT2D eigenvalue weighted by atomic mass is 16.5. The molecule has 3 aromatic rings. The van der Waals surface area contributed by atoms with Crippen molar-refractivity contribution in [3.63, 3.8) is 0 Å². The third-order valence-corrected chi connectivity index (χ3v) is 4.39. The van der Waals surface area contributed by atoms with Gasteiger partial charge in [0.15, 0.2) is 11.6 Å². The van der Waals surface area contributed by atoms with Gasteiger partial charge in [0.2, 0.25) is 0 Å². The maximum Gasteiger partial charge on any atom is 0.194 e. The van der Waals surface area contributed by atoms with Gasteiger partial charge >= 0.3 is 0 Å². The Bertz CT molecular complexity index is 1020. The van der Waals surface area contributed by atoms with Crippen LogP contribution in [0.4, 0.5) is 0 Å². The van der Waals surface area contributed by atoms with E-state index in [1.165, 1.54) is 7.11 Å². The first-order valence-corrected chi connectivity index (χ1v) is 7.51. The smallest absolute Gasteiger partial charge is 0.194 e. The summed E-state index contributed by atoms with van der Waals surface area (Å²) in [6.07, 6.45) is 0. The fourth-order valence-corrected chi connectivity index (χ4v) is 3.10. The number of rotatable bonds is 2. The molecule has 3 aromatic carbocycles. The summed E-state index contributed by atoms with van der Waals surface area (Å²) in [6, 6.07) is 14.1. The lowest BCUT2D eigenvalue weighted by Crippen LogP contribution is -2.20. The van der Waals surface area contributed by atoms with Crippen molar-refractivity contribution in [3.05, 3.63) is 70.8 Å². The Balaban J connectivity index is 1.97. The number of carbonyl (C=O) groups is 2. The van der Waals surface area contributed by atoms with Gasteiger partial charge in [-0.05, 0) is 53.2 Å². The van der Waals surface area contributed by atoms with E-state index in [-0.39, 0.29) is 11.6 Å². The van der Waals surface area contributed by atoms with Crippen LogP contribution in [0.1, 0.15) is 31.8 Å². The molecule has 0 fully saturated rings. The molecule has 0 unspecified atom stereocenters. The van der Waals surface area contributed by atoms with Crippen molar-refractivity contribution >= 4 is 22.3 Å². The SMILES string of the molecule is COc1ccc2c(c1)C(=O)c1cc3cc(OC)ccc3cc1C2=O. The lowest BCUT2D eigenvalue weighted by molar-refractivity contribution is 0.0979. The number of benzene rings is 3. The van der Waals surface area contributed by atoms with Crippen LogP contribution in [0, 0.1) is 0 Å². The van der Waals surface area contributed by atoms with Gasteiger partial charge < -0.3 is 9.47 Å². The lowest BCUT2D eigenvalue weighted by Gasteiger charge is -2.19. The molecule has 1 aliphatic carbocycles. The molecule has 24 heavy (non-hydrogen) atoms. The van der Waals surface area contributed by atoms with Gasteiger partial charge in [-0.2, -0.15) is 0 Å². The van der Waals surface area contributed by atoms with Crippen LogP contribution in [0.2, 0.25) is 0 Å². The molecule has 0 atom stereocenters. The topological polar surface area (TPSA) is 52.6 Å². The van der Waals surface area contributed by atoms with Gasteiger partial charge in [-0.15, -0.1) is 0 Å². The minimum atomic E-state index is -0.164. The highest BCUT2D eigenvalue weighted by molar-refractivity contribution is 6.29. The second-order valence-electron chi connectivity index (χ2n) is 5.68. The predicted molar refractivity (Wildman–Crippen MR) is 90.4 cm³/mol. The molecule has 4 heteroatoms. The molecule has 0 aliphatic heterocycles. The standard InChI is InChI=1S/C20H14O4/c1-23-13-4-3-11-8-16-17(9-12(11)7-13)20(22)18-10-14(24-2)5-6-15(18)19(16)21/h3-10H,1-2H3. The van der Waals surface area contributed by atoms with E-state index < -0.39 is 0 Å². The number of hydrogen-bond acceptors (Lipinski definition) is 4. The molecular weight excluding hydrogens is 304 g/mol. The second-order valence-corrected chi connectivity index (χ2v) is 5.68. The Morgan fingerprint density at radius 2 is 1.12 bits per heavy atom. The summed E-state index contributed by atoms with van der Waals surface area (Å²) in [5.41, 5.74) is 1.66. The summed E-state index contributed by atoms with van der Waals surface area (Å²) in [6.45, 7) is 0. The molecule has 0 amide bonds. The van der Waals surface area contributed by atoms with Crippen LogP contribution < -0.4 is 9.47 Å². The van der Waals surface area contributed by atoms with Crippen molar-refractivity contribution in [1.29, 1.82) is 0 Å². The third-order valence-electron chi connectivity index (χ3n) is 4.39. The second kappa shape index (κ2) is 5.20. The third kappa shape index (κ3) is 2.00. The zero-order chi connectivity index (χ0) is 16.8. The highest BCUT2D eigenvalue weighted by Gasteiger charge is 2.30. The van der Waals surface area contributed by atoms with Crippen molar-refractivity contribution in [3.8, 4) is 11.5 Å². The van der Waals surface area contributed by atoms with E-state index >= 15 is 0 Å². The van der Waals surface area contributed by atoms with E-state index in [1.54, 1.807) is 37.4 Å². The number of ether oxygens (including phenoxy) is 2. The van der Waals surface area contributed by atoms with Crippen LogP contribution in [0.25, 0.3) is 10.8 Å². The van der Waals surface area contributed by atoms with Crippen molar-refractivity contribution in [2.45, 2.75) is 0 Å². The van der Waals surface area contributed by atoms with Crippen molar-refractivity contribution in [2.75, 3.05) is 14.2 Å². The molecule has 0 saturated carbocycles. The molecule has 0 heterocycles. The van der Waals surface area contributed by atoms with Crippen molar-refractivity contribution in [2.24, 2.45) is 0 Å². The van der Waals surface area contributed by atoms with E-state index in [1.807, 2.05) is 18.2 Å². The first-order valence-electron chi connectivity index (χ1n) is 7.51. The van der Waals surface area contributed by atoms with Gasteiger partial charge in [-0.1, -0.05) is 6.07 Å². The van der Waals surface area contributed by atoms with Gasteiger partial charge in [0.1, 0.15) is 11.5 Å². The summed E-state index contributed by atoms with van der Waals surface area (Å²) in [5.74, 6) is 0.961. The van der Waals surface area contributed by atoms with Gasteiger partial charge in [-0.25, -0.2) is 0 Å². The lowest BCUT2D eigenvalue weighted by atomic mass is 9.82. The maximum absolute atomic E-state index is 12.9. The summed E-state index contributed by atoms with van der Waals surface area (Å²) in [4.78, 5) is 25.7. The van der Waals surface area contributed by atoms with Gasteiger partial charge in [-0.3, -0.25) is 9.59 Å². The first kappa shape index (κ1) is 14.5. The minimum Gasteiger partial charge on any atom is -0.497 e. The van der Waals surface area contributed by atoms with Crippen LogP contribution >= 0.6 is 0 Å². The van der Waals surface area contributed by atoms with Crippen LogP contribution in [-0.4, -0.2) is 25.8 Å². The molecule has 0 bridgehead atoms. The minimum absolute atomic E-state index is 0.139. The molecule has 4 rings (SSSR count). The molecule has 0 radical (unpaired) electrons. The Morgan fingerprint density at radius 3 is 1.83 bits per heavy atom. The van der Waals surface area contributed by atoms with Crippen LogP contribution in [0.15, 0.2) is 48.5 Å². The fraction of sp³-hybridized carbons (Fsp3) is 0.100. The van der Waals surface area contributed by atoms with Crippen LogP contribution in [0.5, 0.6) is 11.5 Å². The summed E-state index contributed by atoms with van der Waals surface area (Å²) < 4.78 is 10.4. The summed E-state index contributed by atoms with van der Waals surface area (Å²) in [7, 11) is 3.13. The highest BCUT2D eigenvalue weighted by Crippen LogP contribution is 2.33. The Kier molecular flexibility index (Phi) is 3.13. The van der Waals surface area contributed by atoms with E-state index in [0.29, 0.717) is 33.8 Å². The molecule has 4 nitrogen and oxygen atoms in total. The molecule has 1 aliphatic rings. The average Bonchev–Trinajstić information content (AvgIpc) is 2.64. The Morgan fingerprint density at radius 1 is 0.583 bits per heavy atom.